The van der Waals surface area contributed by atoms with Crippen LogP contribution in [0.15, 0.2) is 30.3 Å². The van der Waals surface area contributed by atoms with Crippen LogP contribution >= 0.6 is 0 Å². The van der Waals surface area contributed by atoms with E-state index in [1.807, 2.05) is 6.07 Å². The van der Waals surface area contributed by atoms with Crippen molar-refractivity contribution in [3.05, 3.63) is 30.3 Å². The summed E-state index contributed by atoms with van der Waals surface area (Å²) in [5.41, 5.74) is 0. The van der Waals surface area contributed by atoms with E-state index in [4.69, 9.17) is 4.74 Å². The zero-order valence-corrected chi connectivity index (χ0v) is 8.43. The van der Waals surface area contributed by atoms with Crippen LogP contribution in [-0.4, -0.2) is 19.0 Å². The molecule has 0 bridgehead atoms. The Balaban J connectivity index is 2.34. The van der Waals surface area contributed by atoms with Crippen molar-refractivity contribution >= 4 is 11.9 Å². The number of hydrogen-bond acceptors (Lipinski definition) is 4. The van der Waals surface area contributed by atoms with Crippen molar-refractivity contribution < 1.29 is 19.1 Å². The molecular formula is C11H12O4. The van der Waals surface area contributed by atoms with Crippen LogP contribution in [0.25, 0.3) is 0 Å². The van der Waals surface area contributed by atoms with Gasteiger partial charge in [-0.2, -0.15) is 0 Å². The Bertz CT molecular complexity index is 332. The average molecular weight is 208 g/mol. The van der Waals surface area contributed by atoms with Gasteiger partial charge in [-0.15, -0.1) is 0 Å². The lowest BCUT2D eigenvalue weighted by Gasteiger charge is -2.02. The lowest BCUT2D eigenvalue weighted by molar-refractivity contribution is -0.144. The van der Waals surface area contributed by atoms with Crippen LogP contribution in [0.3, 0.4) is 0 Å². The Morgan fingerprint density at radius 1 is 1.07 bits per heavy atom. The van der Waals surface area contributed by atoms with Crippen molar-refractivity contribution in [1.29, 1.82) is 0 Å². The van der Waals surface area contributed by atoms with Crippen LogP contribution < -0.4 is 4.74 Å². The number of benzene rings is 1. The van der Waals surface area contributed by atoms with E-state index in [1.165, 1.54) is 7.11 Å². The number of methoxy groups -OCH3 is 1. The molecule has 0 fully saturated rings. The highest BCUT2D eigenvalue weighted by molar-refractivity contribution is 5.78. The van der Waals surface area contributed by atoms with Gasteiger partial charge in [-0.1, -0.05) is 18.2 Å². The van der Waals surface area contributed by atoms with Crippen LogP contribution in [0.2, 0.25) is 0 Å². The average Bonchev–Trinajstić information content (AvgIpc) is 2.27. The zero-order valence-electron chi connectivity index (χ0n) is 8.43. The molecule has 0 saturated carbocycles. The second kappa shape index (κ2) is 5.80. The van der Waals surface area contributed by atoms with Gasteiger partial charge in [-0.05, 0) is 12.1 Å². The van der Waals surface area contributed by atoms with Crippen molar-refractivity contribution in [3.8, 4) is 5.75 Å². The Kier molecular flexibility index (Phi) is 4.34. The van der Waals surface area contributed by atoms with Crippen LogP contribution in [-0.2, 0) is 14.3 Å². The maximum absolute atomic E-state index is 11.2. The summed E-state index contributed by atoms with van der Waals surface area (Å²) in [5.74, 6) is -0.376. The predicted molar refractivity (Wildman–Crippen MR) is 53.3 cm³/mol. The fraction of sp³-hybridized carbons (Fsp3) is 0.273. The highest BCUT2D eigenvalue weighted by atomic mass is 16.5. The summed E-state index contributed by atoms with van der Waals surface area (Å²) in [6, 6.07) is 8.71. The topological polar surface area (TPSA) is 52.6 Å². The first kappa shape index (κ1) is 11.2. The van der Waals surface area contributed by atoms with Crippen molar-refractivity contribution in [1.82, 2.24) is 0 Å². The summed E-state index contributed by atoms with van der Waals surface area (Å²) in [6.07, 6.45) is 0.0731. The summed E-state index contributed by atoms with van der Waals surface area (Å²) >= 11 is 0. The SMILES string of the molecule is COC(=O)CCC(=O)Oc1ccccc1. The summed E-state index contributed by atoms with van der Waals surface area (Å²) in [7, 11) is 1.28. The van der Waals surface area contributed by atoms with Crippen molar-refractivity contribution in [3.63, 3.8) is 0 Å². The van der Waals surface area contributed by atoms with Crippen molar-refractivity contribution in [2.75, 3.05) is 7.11 Å². The molecule has 0 N–H and O–H groups in total. The Labute approximate surface area is 87.8 Å². The number of carbonyl (C=O) groups is 2. The number of para-hydroxylation sites is 1. The molecule has 4 heteroatoms. The molecule has 0 amide bonds. The number of ether oxygens (including phenoxy) is 2. The summed E-state index contributed by atoms with van der Waals surface area (Å²) in [4.78, 5) is 21.9. The lowest BCUT2D eigenvalue weighted by Crippen LogP contribution is -2.11. The molecule has 0 unspecified atom stereocenters. The van der Waals surface area contributed by atoms with E-state index in [1.54, 1.807) is 24.3 Å². The van der Waals surface area contributed by atoms with Gasteiger partial charge in [-0.25, -0.2) is 0 Å². The maximum atomic E-state index is 11.2. The second-order valence-corrected chi connectivity index (χ2v) is 2.86. The molecule has 0 heterocycles. The summed E-state index contributed by atoms with van der Waals surface area (Å²) in [5, 5.41) is 0. The molecule has 0 spiro atoms. The molecule has 0 aliphatic heterocycles. The Hall–Kier alpha value is -1.84. The van der Waals surface area contributed by atoms with E-state index in [0.717, 1.165) is 0 Å². The standard InChI is InChI=1S/C11H12O4/c1-14-10(12)7-8-11(13)15-9-5-3-2-4-6-9/h2-6H,7-8H2,1H3. The number of hydrogen-bond donors (Lipinski definition) is 0. The molecule has 0 atom stereocenters. The van der Waals surface area contributed by atoms with E-state index in [2.05, 4.69) is 4.74 Å². The predicted octanol–water partition coefficient (Wildman–Crippen LogP) is 1.55. The zero-order chi connectivity index (χ0) is 11.1. The molecule has 15 heavy (non-hydrogen) atoms. The molecule has 0 aromatic heterocycles. The molecule has 0 aliphatic rings. The fourth-order valence-corrected chi connectivity index (χ4v) is 0.977. The minimum atomic E-state index is -0.438. The van der Waals surface area contributed by atoms with Gasteiger partial charge in [0, 0.05) is 0 Å². The van der Waals surface area contributed by atoms with Crippen LogP contribution in [0.5, 0.6) is 5.75 Å². The normalized spacial score (nSPS) is 9.40. The van der Waals surface area contributed by atoms with Crippen molar-refractivity contribution in [2.24, 2.45) is 0 Å². The third kappa shape index (κ3) is 4.26. The maximum Gasteiger partial charge on any atom is 0.311 e. The number of carbonyl (C=O) groups excluding carboxylic acids is 2. The molecule has 1 aromatic rings. The van der Waals surface area contributed by atoms with E-state index in [-0.39, 0.29) is 12.8 Å². The molecule has 0 saturated heterocycles. The second-order valence-electron chi connectivity index (χ2n) is 2.86. The van der Waals surface area contributed by atoms with E-state index in [9.17, 15) is 9.59 Å². The third-order valence-electron chi connectivity index (χ3n) is 1.74. The highest BCUT2D eigenvalue weighted by Gasteiger charge is 2.08. The number of rotatable bonds is 4. The first-order valence-corrected chi connectivity index (χ1v) is 4.55. The smallest absolute Gasteiger partial charge is 0.311 e. The van der Waals surface area contributed by atoms with Crippen molar-refractivity contribution in [2.45, 2.75) is 12.8 Å². The Morgan fingerprint density at radius 3 is 2.27 bits per heavy atom. The van der Waals surface area contributed by atoms with Gasteiger partial charge in [0.1, 0.15) is 5.75 Å². The van der Waals surface area contributed by atoms with E-state index in [0.29, 0.717) is 5.75 Å². The van der Waals surface area contributed by atoms with Gasteiger partial charge < -0.3 is 9.47 Å². The van der Waals surface area contributed by atoms with Gasteiger partial charge >= 0.3 is 11.9 Å². The minimum Gasteiger partial charge on any atom is -0.469 e. The minimum absolute atomic E-state index is 0.0293. The van der Waals surface area contributed by atoms with Gasteiger partial charge in [0.05, 0.1) is 20.0 Å². The third-order valence-corrected chi connectivity index (χ3v) is 1.74. The summed E-state index contributed by atoms with van der Waals surface area (Å²) < 4.78 is 9.37. The molecular weight excluding hydrogens is 196 g/mol. The first-order valence-electron chi connectivity index (χ1n) is 4.55. The van der Waals surface area contributed by atoms with Gasteiger partial charge in [-0.3, -0.25) is 9.59 Å². The van der Waals surface area contributed by atoms with Crippen LogP contribution in [0.1, 0.15) is 12.8 Å². The lowest BCUT2D eigenvalue weighted by atomic mass is 10.3. The van der Waals surface area contributed by atoms with Crippen LogP contribution in [0.4, 0.5) is 0 Å². The number of esters is 2. The molecule has 0 aliphatic carbocycles. The monoisotopic (exact) mass is 208 g/mol. The van der Waals surface area contributed by atoms with Crippen LogP contribution in [0, 0.1) is 0 Å². The molecule has 1 rings (SSSR count). The molecule has 1 aromatic carbocycles. The van der Waals surface area contributed by atoms with Gasteiger partial charge in [0.25, 0.3) is 0 Å². The molecule has 4 nitrogen and oxygen atoms in total. The fourth-order valence-electron chi connectivity index (χ4n) is 0.977. The molecule has 0 radical (unpaired) electrons. The Morgan fingerprint density at radius 2 is 1.67 bits per heavy atom. The van der Waals surface area contributed by atoms with Gasteiger partial charge in [0.15, 0.2) is 0 Å². The quantitative estimate of drug-likeness (QED) is 0.556. The largest absolute Gasteiger partial charge is 0.469 e. The van der Waals surface area contributed by atoms with E-state index < -0.39 is 11.9 Å². The molecule has 80 valence electrons. The summed E-state index contributed by atoms with van der Waals surface area (Å²) in [6.45, 7) is 0. The highest BCUT2D eigenvalue weighted by Crippen LogP contribution is 2.09. The van der Waals surface area contributed by atoms with Gasteiger partial charge in [0.2, 0.25) is 0 Å². The first-order chi connectivity index (χ1) is 7.22. The van der Waals surface area contributed by atoms with E-state index >= 15 is 0 Å².